The number of azo groups is 1. The third-order valence-corrected chi connectivity index (χ3v) is 3.34. The number of furan rings is 1. The summed E-state index contributed by atoms with van der Waals surface area (Å²) in [5.74, 6) is -0.604. The molecule has 1 aromatic heterocycles. The van der Waals surface area contributed by atoms with Gasteiger partial charge in [0.1, 0.15) is 17.0 Å². The Morgan fingerprint density at radius 3 is 2.57 bits per heavy atom. The lowest BCUT2D eigenvalue weighted by atomic mass is 10.2. The summed E-state index contributed by atoms with van der Waals surface area (Å²) in [5, 5.41) is 18.7. The molecule has 0 aliphatic carbocycles. The van der Waals surface area contributed by atoms with Gasteiger partial charge in [-0.2, -0.15) is 5.11 Å². The van der Waals surface area contributed by atoms with Gasteiger partial charge in [0.05, 0.1) is 18.2 Å². The fourth-order valence-corrected chi connectivity index (χ4v) is 2.11. The van der Waals surface area contributed by atoms with E-state index in [0.717, 1.165) is 5.56 Å². The van der Waals surface area contributed by atoms with Crippen molar-refractivity contribution in [3.05, 3.63) is 53.8 Å². The van der Waals surface area contributed by atoms with Crippen LogP contribution in [0.4, 0.5) is 11.4 Å². The van der Waals surface area contributed by atoms with Crippen molar-refractivity contribution in [2.24, 2.45) is 10.2 Å². The summed E-state index contributed by atoms with van der Waals surface area (Å²) in [6.07, 6.45) is 0. The number of phenols is 1. The van der Waals surface area contributed by atoms with Gasteiger partial charge in [0.25, 0.3) is 0 Å². The lowest BCUT2D eigenvalue weighted by molar-refractivity contribution is 0.0567. The predicted molar refractivity (Wildman–Crippen MR) is 84.6 cm³/mol. The van der Waals surface area contributed by atoms with Crippen molar-refractivity contribution in [3.8, 4) is 5.75 Å². The van der Waals surface area contributed by atoms with E-state index in [1.54, 1.807) is 6.07 Å². The molecule has 0 fully saturated rings. The van der Waals surface area contributed by atoms with Gasteiger partial charge in [-0.05, 0) is 31.2 Å². The van der Waals surface area contributed by atoms with Crippen molar-refractivity contribution < 1.29 is 19.1 Å². The van der Waals surface area contributed by atoms with Gasteiger partial charge < -0.3 is 14.3 Å². The smallest absolute Gasteiger partial charge is 0.373 e. The van der Waals surface area contributed by atoms with Crippen LogP contribution < -0.4 is 0 Å². The minimum absolute atomic E-state index is 0.0416. The number of aromatic hydroxyl groups is 1. The number of phenolic OH excluding ortho intramolecular Hbond substituents is 1. The molecule has 0 aliphatic heterocycles. The summed E-state index contributed by atoms with van der Waals surface area (Å²) in [6.45, 7) is 1.98. The molecule has 0 amide bonds. The number of benzene rings is 2. The van der Waals surface area contributed by atoms with Crippen LogP contribution in [0.2, 0.25) is 0 Å². The normalized spacial score (nSPS) is 11.2. The van der Waals surface area contributed by atoms with Crippen molar-refractivity contribution in [2.75, 3.05) is 7.11 Å². The first-order chi connectivity index (χ1) is 11.1. The molecule has 1 heterocycles. The van der Waals surface area contributed by atoms with E-state index in [-0.39, 0.29) is 17.2 Å². The van der Waals surface area contributed by atoms with E-state index in [1.807, 2.05) is 31.2 Å². The molecule has 3 rings (SSSR count). The molecule has 0 radical (unpaired) electrons. The molecule has 6 nitrogen and oxygen atoms in total. The molecule has 6 heteroatoms. The van der Waals surface area contributed by atoms with E-state index in [9.17, 15) is 9.90 Å². The molecule has 2 aromatic carbocycles. The zero-order chi connectivity index (χ0) is 16.4. The Morgan fingerprint density at radius 1 is 1.13 bits per heavy atom. The van der Waals surface area contributed by atoms with Crippen LogP contribution in [0.1, 0.15) is 16.1 Å². The van der Waals surface area contributed by atoms with Crippen molar-refractivity contribution in [1.29, 1.82) is 0 Å². The monoisotopic (exact) mass is 310 g/mol. The summed E-state index contributed by atoms with van der Waals surface area (Å²) in [5.41, 5.74) is 2.43. The molecular weight excluding hydrogens is 296 g/mol. The maximum Gasteiger partial charge on any atom is 0.373 e. The highest BCUT2D eigenvalue weighted by Crippen LogP contribution is 2.37. The first-order valence-corrected chi connectivity index (χ1v) is 6.90. The van der Waals surface area contributed by atoms with E-state index < -0.39 is 5.97 Å². The quantitative estimate of drug-likeness (QED) is 0.563. The van der Waals surface area contributed by atoms with Crippen LogP contribution in [0.15, 0.2) is 57.1 Å². The SMILES string of the molecule is COC(=O)c1cc2c(N=Nc3ccc(C)cc3)c(O)ccc2o1. The Hall–Kier alpha value is -3.15. The van der Waals surface area contributed by atoms with Crippen LogP contribution in [-0.2, 0) is 4.74 Å². The topological polar surface area (TPSA) is 84.4 Å². The second kappa shape index (κ2) is 5.92. The molecule has 0 saturated carbocycles. The first-order valence-electron chi connectivity index (χ1n) is 6.90. The van der Waals surface area contributed by atoms with Gasteiger partial charge in [0.15, 0.2) is 0 Å². The number of hydrogen-bond acceptors (Lipinski definition) is 6. The molecule has 3 aromatic rings. The zero-order valence-corrected chi connectivity index (χ0v) is 12.6. The number of esters is 1. The van der Waals surface area contributed by atoms with E-state index in [1.165, 1.54) is 19.2 Å². The molecule has 1 N–H and O–H groups in total. The van der Waals surface area contributed by atoms with Crippen molar-refractivity contribution in [2.45, 2.75) is 6.92 Å². The van der Waals surface area contributed by atoms with Gasteiger partial charge in [0.2, 0.25) is 5.76 Å². The van der Waals surface area contributed by atoms with Crippen LogP contribution in [0, 0.1) is 6.92 Å². The second-order valence-electron chi connectivity index (χ2n) is 4.98. The Balaban J connectivity index is 2.05. The lowest BCUT2D eigenvalue weighted by Gasteiger charge is -1.99. The van der Waals surface area contributed by atoms with Gasteiger partial charge >= 0.3 is 5.97 Å². The van der Waals surface area contributed by atoms with Crippen LogP contribution in [0.5, 0.6) is 5.75 Å². The van der Waals surface area contributed by atoms with Gasteiger partial charge in [0, 0.05) is 6.07 Å². The highest BCUT2D eigenvalue weighted by molar-refractivity contribution is 5.98. The van der Waals surface area contributed by atoms with E-state index in [4.69, 9.17) is 4.42 Å². The molecule has 23 heavy (non-hydrogen) atoms. The summed E-state index contributed by atoms with van der Waals surface area (Å²) in [7, 11) is 1.27. The van der Waals surface area contributed by atoms with Crippen molar-refractivity contribution in [3.63, 3.8) is 0 Å². The number of carbonyl (C=O) groups excluding carboxylic acids is 1. The van der Waals surface area contributed by atoms with Gasteiger partial charge in [-0.3, -0.25) is 0 Å². The van der Waals surface area contributed by atoms with Gasteiger partial charge in [-0.15, -0.1) is 5.11 Å². The maximum atomic E-state index is 11.6. The molecule has 0 saturated heterocycles. The molecule has 0 unspecified atom stereocenters. The van der Waals surface area contributed by atoms with E-state index in [0.29, 0.717) is 16.7 Å². The lowest BCUT2D eigenvalue weighted by Crippen LogP contribution is -1.97. The van der Waals surface area contributed by atoms with Crippen LogP contribution in [0.25, 0.3) is 11.0 Å². The minimum atomic E-state index is -0.595. The number of fused-ring (bicyclic) bond motifs is 1. The fourth-order valence-electron chi connectivity index (χ4n) is 2.11. The Morgan fingerprint density at radius 2 is 1.87 bits per heavy atom. The maximum absolute atomic E-state index is 11.6. The molecule has 0 spiro atoms. The second-order valence-corrected chi connectivity index (χ2v) is 4.98. The number of carbonyl (C=O) groups is 1. The summed E-state index contributed by atoms with van der Waals surface area (Å²) in [6, 6.07) is 12.0. The van der Waals surface area contributed by atoms with Crippen LogP contribution >= 0.6 is 0 Å². The number of hydrogen-bond donors (Lipinski definition) is 1. The molecule has 0 aliphatic rings. The van der Waals surface area contributed by atoms with E-state index >= 15 is 0 Å². The van der Waals surface area contributed by atoms with Crippen molar-refractivity contribution in [1.82, 2.24) is 0 Å². The first kappa shape index (κ1) is 14.8. The van der Waals surface area contributed by atoms with E-state index in [2.05, 4.69) is 15.0 Å². The highest BCUT2D eigenvalue weighted by Gasteiger charge is 2.16. The largest absolute Gasteiger partial charge is 0.506 e. The zero-order valence-electron chi connectivity index (χ0n) is 12.6. The molecular formula is C17H14N2O4. The predicted octanol–water partition coefficient (Wildman–Crippen LogP) is 4.65. The highest BCUT2D eigenvalue weighted by atomic mass is 16.5. The minimum Gasteiger partial charge on any atom is -0.506 e. The van der Waals surface area contributed by atoms with Crippen molar-refractivity contribution >= 4 is 28.3 Å². The molecule has 0 bridgehead atoms. The Kier molecular flexibility index (Phi) is 3.80. The fraction of sp³-hybridized carbons (Fsp3) is 0.118. The van der Waals surface area contributed by atoms with Crippen LogP contribution in [0.3, 0.4) is 0 Å². The summed E-state index contributed by atoms with van der Waals surface area (Å²) >= 11 is 0. The number of nitrogens with zero attached hydrogens (tertiary/aromatic N) is 2. The number of ether oxygens (including phenoxy) is 1. The van der Waals surface area contributed by atoms with Gasteiger partial charge in [-0.1, -0.05) is 17.7 Å². The average Bonchev–Trinajstić information content (AvgIpc) is 2.99. The number of aryl methyl sites for hydroxylation is 1. The number of methoxy groups -OCH3 is 1. The Labute approximate surface area is 132 Å². The molecule has 116 valence electrons. The molecule has 0 atom stereocenters. The third kappa shape index (κ3) is 2.91. The summed E-state index contributed by atoms with van der Waals surface area (Å²) < 4.78 is 10.0. The summed E-state index contributed by atoms with van der Waals surface area (Å²) in [4.78, 5) is 11.6. The number of rotatable bonds is 3. The third-order valence-electron chi connectivity index (χ3n) is 3.34. The van der Waals surface area contributed by atoms with Gasteiger partial charge in [-0.25, -0.2) is 4.79 Å². The Bertz CT molecular complexity index is 895. The standard InChI is InChI=1S/C17H14N2O4/c1-10-3-5-11(6-4-10)18-19-16-12-9-15(17(21)22-2)23-14(12)8-7-13(16)20/h3-9,20H,1-2H3. The van der Waals surface area contributed by atoms with Crippen LogP contribution in [-0.4, -0.2) is 18.2 Å². The average molecular weight is 310 g/mol.